The summed E-state index contributed by atoms with van der Waals surface area (Å²) in [6.45, 7) is 1.86. The van der Waals surface area contributed by atoms with Crippen LogP contribution in [0.15, 0.2) is 52.3 Å². The van der Waals surface area contributed by atoms with Crippen LogP contribution in [0.2, 0.25) is 5.02 Å². The molecule has 29 heavy (non-hydrogen) atoms. The number of anilines is 1. The summed E-state index contributed by atoms with van der Waals surface area (Å²) >= 11 is 7.31. The molecule has 1 heterocycles. The number of halogens is 1. The number of hydrogen-bond donors (Lipinski definition) is 1. The number of carbonyl (C=O) groups is 2. The van der Waals surface area contributed by atoms with E-state index in [9.17, 15) is 18.0 Å². The summed E-state index contributed by atoms with van der Waals surface area (Å²) in [4.78, 5) is 27.9. The Bertz CT molecular complexity index is 1050. The number of carbonyl (C=O) groups excluding carboxylic acids is 2. The summed E-state index contributed by atoms with van der Waals surface area (Å²) in [6.07, 6.45) is 1.21. The van der Waals surface area contributed by atoms with Gasteiger partial charge in [-0.25, -0.2) is 8.42 Å². The van der Waals surface area contributed by atoms with Gasteiger partial charge in [-0.1, -0.05) is 23.7 Å². The minimum atomic E-state index is -3.27. The van der Waals surface area contributed by atoms with E-state index < -0.39 is 15.1 Å². The van der Waals surface area contributed by atoms with Crippen molar-refractivity contribution < 1.29 is 18.0 Å². The van der Waals surface area contributed by atoms with Gasteiger partial charge in [0.1, 0.15) is 0 Å². The van der Waals surface area contributed by atoms with Gasteiger partial charge in [0.25, 0.3) is 0 Å². The lowest BCUT2D eigenvalue weighted by Gasteiger charge is -2.29. The van der Waals surface area contributed by atoms with Crippen molar-refractivity contribution in [3.8, 4) is 0 Å². The molecule has 9 heteroatoms. The highest BCUT2D eigenvalue weighted by Crippen LogP contribution is 2.38. The molecule has 0 aliphatic carbocycles. The second-order valence-electron chi connectivity index (χ2n) is 6.96. The number of benzene rings is 2. The van der Waals surface area contributed by atoms with E-state index >= 15 is 0 Å². The summed E-state index contributed by atoms with van der Waals surface area (Å²) in [5.74, 6) is -0.397. The third-order valence-corrected chi connectivity index (χ3v) is 7.52. The maximum atomic E-state index is 12.8. The predicted octanol–water partition coefficient (Wildman–Crippen LogP) is 3.77. The van der Waals surface area contributed by atoms with Gasteiger partial charge < -0.3 is 10.2 Å². The lowest BCUT2D eigenvalue weighted by Crippen LogP contribution is -2.36. The van der Waals surface area contributed by atoms with Gasteiger partial charge in [0, 0.05) is 29.6 Å². The largest absolute Gasteiger partial charge is 0.339 e. The zero-order valence-electron chi connectivity index (χ0n) is 16.2. The Morgan fingerprint density at radius 1 is 1.24 bits per heavy atom. The molecule has 0 saturated heterocycles. The van der Waals surface area contributed by atoms with Gasteiger partial charge in [-0.05, 0) is 42.8 Å². The molecule has 6 nitrogen and oxygen atoms in total. The summed E-state index contributed by atoms with van der Waals surface area (Å²) < 4.78 is 23.2. The molecule has 154 valence electrons. The van der Waals surface area contributed by atoms with Crippen molar-refractivity contribution in [2.45, 2.75) is 34.4 Å². The van der Waals surface area contributed by atoms with Crippen molar-refractivity contribution in [3.63, 3.8) is 0 Å². The molecule has 2 atom stereocenters. The third kappa shape index (κ3) is 4.94. The molecule has 0 aromatic heterocycles. The standard InChI is InChI=1S/C20H21ClN2O4S2/c1-12(13-4-7-15(8-5-13)29(3,26)27)23(2)19(24)11-18-20(25)22-16-10-14(21)6-9-17(16)28-18/h4-10,12,18H,11H2,1-3H3,(H,22,25). The van der Waals surface area contributed by atoms with Gasteiger partial charge in [-0.15, -0.1) is 11.8 Å². The van der Waals surface area contributed by atoms with Gasteiger partial charge in [0.2, 0.25) is 11.8 Å². The van der Waals surface area contributed by atoms with Crippen molar-refractivity contribution >= 4 is 50.7 Å². The van der Waals surface area contributed by atoms with Crippen molar-refractivity contribution in [2.24, 2.45) is 0 Å². The molecular formula is C20H21ClN2O4S2. The molecule has 3 rings (SSSR count). The number of amides is 2. The van der Waals surface area contributed by atoms with E-state index in [0.717, 1.165) is 16.7 Å². The zero-order valence-corrected chi connectivity index (χ0v) is 18.6. The second-order valence-corrected chi connectivity index (χ2v) is 10.7. The Morgan fingerprint density at radius 2 is 1.90 bits per heavy atom. The van der Waals surface area contributed by atoms with Crippen LogP contribution >= 0.6 is 23.4 Å². The van der Waals surface area contributed by atoms with Gasteiger partial charge >= 0.3 is 0 Å². The lowest BCUT2D eigenvalue weighted by molar-refractivity contribution is -0.133. The molecule has 0 saturated carbocycles. The molecule has 0 spiro atoms. The second kappa shape index (κ2) is 8.38. The highest BCUT2D eigenvalue weighted by Gasteiger charge is 2.31. The first kappa shape index (κ1) is 21.7. The Kier molecular flexibility index (Phi) is 6.26. The van der Waals surface area contributed by atoms with Gasteiger partial charge in [0.05, 0.1) is 21.9 Å². The highest BCUT2D eigenvalue weighted by atomic mass is 35.5. The Balaban J connectivity index is 1.68. The van der Waals surface area contributed by atoms with E-state index in [4.69, 9.17) is 11.6 Å². The van der Waals surface area contributed by atoms with Gasteiger partial charge in [-0.2, -0.15) is 0 Å². The van der Waals surface area contributed by atoms with Crippen LogP contribution in [0, 0.1) is 0 Å². The minimum absolute atomic E-state index is 0.0564. The molecule has 1 aliphatic rings. The fourth-order valence-electron chi connectivity index (χ4n) is 2.99. The molecule has 1 aliphatic heterocycles. The minimum Gasteiger partial charge on any atom is -0.339 e. The average molecular weight is 453 g/mol. The number of nitrogens with zero attached hydrogens (tertiary/aromatic N) is 1. The Hall–Kier alpha value is -2.03. The molecule has 0 fully saturated rings. The fraction of sp³-hybridized carbons (Fsp3) is 0.300. The topological polar surface area (TPSA) is 83.6 Å². The van der Waals surface area contributed by atoms with E-state index in [-0.39, 0.29) is 29.2 Å². The molecule has 0 bridgehead atoms. The van der Waals surface area contributed by atoms with E-state index in [1.807, 2.05) is 13.0 Å². The average Bonchev–Trinajstić information content (AvgIpc) is 2.67. The van der Waals surface area contributed by atoms with Crippen molar-refractivity contribution in [1.82, 2.24) is 4.90 Å². The molecule has 1 N–H and O–H groups in total. The summed E-state index contributed by atoms with van der Waals surface area (Å²) in [6, 6.07) is 11.5. The van der Waals surface area contributed by atoms with Crippen LogP contribution in [0.4, 0.5) is 5.69 Å². The molecule has 2 unspecified atom stereocenters. The van der Waals surface area contributed by atoms with E-state index in [0.29, 0.717) is 10.7 Å². The van der Waals surface area contributed by atoms with Crippen LogP contribution in [0.3, 0.4) is 0 Å². The molecule has 0 radical (unpaired) electrons. The van der Waals surface area contributed by atoms with E-state index in [1.54, 1.807) is 36.2 Å². The lowest BCUT2D eigenvalue weighted by atomic mass is 10.1. The smallest absolute Gasteiger partial charge is 0.238 e. The van der Waals surface area contributed by atoms with Crippen LogP contribution in [0.1, 0.15) is 24.9 Å². The van der Waals surface area contributed by atoms with E-state index in [1.165, 1.54) is 23.9 Å². The number of hydrogen-bond acceptors (Lipinski definition) is 5. The van der Waals surface area contributed by atoms with Crippen LogP contribution in [-0.2, 0) is 19.4 Å². The number of sulfone groups is 1. The highest BCUT2D eigenvalue weighted by molar-refractivity contribution is 8.01. The summed E-state index contributed by atoms with van der Waals surface area (Å²) in [7, 11) is -1.59. The summed E-state index contributed by atoms with van der Waals surface area (Å²) in [5, 5.41) is 2.81. The molecule has 2 amide bonds. The first-order valence-electron chi connectivity index (χ1n) is 8.89. The number of nitrogens with one attached hydrogen (secondary N) is 1. The quantitative estimate of drug-likeness (QED) is 0.746. The predicted molar refractivity (Wildman–Crippen MR) is 115 cm³/mol. The number of thioether (sulfide) groups is 1. The van der Waals surface area contributed by atoms with Crippen molar-refractivity contribution in [2.75, 3.05) is 18.6 Å². The van der Waals surface area contributed by atoms with Crippen LogP contribution in [0.5, 0.6) is 0 Å². The third-order valence-electron chi connectivity index (χ3n) is 4.89. The van der Waals surface area contributed by atoms with E-state index in [2.05, 4.69) is 5.32 Å². The number of fused-ring (bicyclic) bond motifs is 1. The van der Waals surface area contributed by atoms with Gasteiger partial charge in [-0.3, -0.25) is 9.59 Å². The zero-order chi connectivity index (χ0) is 21.3. The maximum Gasteiger partial charge on any atom is 0.238 e. The normalized spacial score (nSPS) is 17.2. The Morgan fingerprint density at radius 3 is 2.52 bits per heavy atom. The first-order valence-corrected chi connectivity index (χ1v) is 12.0. The summed E-state index contributed by atoms with van der Waals surface area (Å²) in [5.41, 5.74) is 1.47. The van der Waals surface area contributed by atoms with Crippen molar-refractivity contribution in [1.29, 1.82) is 0 Å². The first-order chi connectivity index (χ1) is 13.6. The van der Waals surface area contributed by atoms with Crippen LogP contribution < -0.4 is 5.32 Å². The van der Waals surface area contributed by atoms with Crippen LogP contribution in [0.25, 0.3) is 0 Å². The molecular weight excluding hydrogens is 432 g/mol. The molecule has 2 aromatic rings. The fourth-order valence-corrected chi connectivity index (χ4v) is 4.88. The Labute approximate surface area is 179 Å². The van der Waals surface area contributed by atoms with Gasteiger partial charge in [0.15, 0.2) is 9.84 Å². The SMILES string of the molecule is CC(c1ccc(S(C)(=O)=O)cc1)N(C)C(=O)CC1Sc2ccc(Cl)cc2NC1=O. The maximum absolute atomic E-state index is 12.8. The number of rotatable bonds is 5. The van der Waals surface area contributed by atoms with Crippen molar-refractivity contribution in [3.05, 3.63) is 53.1 Å². The van der Waals surface area contributed by atoms with Crippen LogP contribution in [-0.4, -0.2) is 43.7 Å². The monoisotopic (exact) mass is 452 g/mol. The molecule has 2 aromatic carbocycles.